The molecule has 0 radical (unpaired) electrons. The minimum atomic E-state index is 1.15. The van der Waals surface area contributed by atoms with Gasteiger partial charge in [-0.05, 0) is 86.8 Å². The first kappa shape index (κ1) is 28.9. The van der Waals surface area contributed by atoms with Gasteiger partial charge >= 0.3 is 0 Å². The van der Waals surface area contributed by atoms with E-state index < -0.39 is 0 Å². The highest BCUT2D eigenvalue weighted by molar-refractivity contribution is 6.22. The molecule has 52 heavy (non-hydrogen) atoms. The van der Waals surface area contributed by atoms with E-state index in [9.17, 15) is 0 Å². The van der Waals surface area contributed by atoms with Gasteiger partial charge in [-0.1, -0.05) is 146 Å². The van der Waals surface area contributed by atoms with Crippen molar-refractivity contribution in [2.75, 3.05) is 0 Å². The Balaban J connectivity index is 1.23. The van der Waals surface area contributed by atoms with Crippen LogP contribution in [0.15, 0.2) is 194 Å². The molecule has 0 unspecified atom stereocenters. The molecule has 11 rings (SSSR count). The van der Waals surface area contributed by atoms with Crippen molar-refractivity contribution < 1.29 is 0 Å². The van der Waals surface area contributed by atoms with Crippen LogP contribution in [0.2, 0.25) is 0 Å². The molecule has 242 valence electrons. The van der Waals surface area contributed by atoms with Gasteiger partial charge in [0.2, 0.25) is 0 Å². The summed E-state index contributed by atoms with van der Waals surface area (Å²) in [5, 5.41) is 9.98. The van der Waals surface area contributed by atoms with E-state index in [1.165, 1.54) is 87.4 Å². The van der Waals surface area contributed by atoms with Crippen molar-refractivity contribution in [3.8, 4) is 33.6 Å². The van der Waals surface area contributed by atoms with Crippen LogP contribution in [0, 0.1) is 0 Å². The molecule has 0 atom stereocenters. The summed E-state index contributed by atoms with van der Waals surface area (Å²) in [6, 6.07) is 71.1. The highest BCUT2D eigenvalue weighted by Crippen LogP contribution is 2.44. The molecule has 2 heteroatoms. The largest absolute Gasteiger partial charge is 0.309 e. The molecule has 0 spiro atoms. The molecule has 0 saturated carbocycles. The van der Waals surface area contributed by atoms with Crippen molar-refractivity contribution in [2.45, 2.75) is 0 Å². The first-order chi connectivity index (χ1) is 25.8. The van der Waals surface area contributed by atoms with Crippen molar-refractivity contribution in [1.29, 1.82) is 0 Å². The van der Waals surface area contributed by atoms with Crippen LogP contribution in [-0.4, -0.2) is 9.13 Å². The monoisotopic (exact) mass is 660 g/mol. The van der Waals surface area contributed by atoms with Gasteiger partial charge in [-0.3, -0.25) is 0 Å². The van der Waals surface area contributed by atoms with Gasteiger partial charge in [0.05, 0.1) is 22.1 Å². The number of hydrogen-bond acceptors (Lipinski definition) is 0. The van der Waals surface area contributed by atoms with E-state index >= 15 is 0 Å². The Bertz CT molecular complexity index is 3160. The standard InChI is InChI=1S/C50H32N2/c1-2-12-33(13-3-1)35-22-26-39(27-23-35)51-46-20-10-8-18-42(46)44-29-25-38(32-48(44)51)49-41-17-7-6-16-37(41)31-45-43-19-9-11-21-47(43)52(50(45)49)40-28-24-34-14-4-5-15-36(34)30-40/h1-32H. The predicted octanol–water partition coefficient (Wildman–Crippen LogP) is 13.5. The van der Waals surface area contributed by atoms with Crippen molar-refractivity contribution in [3.63, 3.8) is 0 Å². The maximum absolute atomic E-state index is 2.49. The van der Waals surface area contributed by atoms with Crippen LogP contribution in [0.25, 0.3) is 98.8 Å². The van der Waals surface area contributed by atoms with Gasteiger partial charge in [0.15, 0.2) is 0 Å². The summed E-state index contributed by atoms with van der Waals surface area (Å²) in [6.45, 7) is 0. The zero-order chi connectivity index (χ0) is 34.2. The van der Waals surface area contributed by atoms with E-state index in [0.717, 1.165) is 11.4 Å². The summed E-state index contributed by atoms with van der Waals surface area (Å²) >= 11 is 0. The average molecular weight is 661 g/mol. The molecule has 0 saturated heterocycles. The number of rotatable bonds is 4. The topological polar surface area (TPSA) is 9.86 Å². The molecule has 9 aromatic carbocycles. The van der Waals surface area contributed by atoms with E-state index in [1.807, 2.05) is 0 Å². The first-order valence-electron chi connectivity index (χ1n) is 17.9. The predicted molar refractivity (Wildman–Crippen MR) is 221 cm³/mol. The van der Waals surface area contributed by atoms with E-state index in [4.69, 9.17) is 0 Å². The molecular formula is C50H32N2. The van der Waals surface area contributed by atoms with Gasteiger partial charge in [0.1, 0.15) is 0 Å². The molecule has 0 bridgehead atoms. The Kier molecular flexibility index (Phi) is 6.28. The molecule has 2 heterocycles. The lowest BCUT2D eigenvalue weighted by Crippen LogP contribution is -1.97. The van der Waals surface area contributed by atoms with Crippen LogP contribution in [0.5, 0.6) is 0 Å². The molecular weight excluding hydrogens is 629 g/mol. The Labute approximate surface area is 301 Å². The summed E-state index contributed by atoms with van der Waals surface area (Å²) < 4.78 is 4.92. The van der Waals surface area contributed by atoms with Crippen LogP contribution in [0.3, 0.4) is 0 Å². The second kappa shape index (κ2) is 11.3. The first-order valence-corrected chi connectivity index (χ1v) is 17.9. The number of hydrogen-bond donors (Lipinski definition) is 0. The normalized spacial score (nSPS) is 11.8. The fraction of sp³-hybridized carbons (Fsp3) is 0. The Hall–Kier alpha value is -6.90. The van der Waals surface area contributed by atoms with E-state index in [2.05, 4.69) is 203 Å². The quantitative estimate of drug-likeness (QED) is 0.178. The van der Waals surface area contributed by atoms with Crippen molar-refractivity contribution in [2.24, 2.45) is 0 Å². The Morgan fingerprint density at radius 1 is 0.269 bits per heavy atom. The van der Waals surface area contributed by atoms with Crippen molar-refractivity contribution >= 4 is 65.2 Å². The summed E-state index contributed by atoms with van der Waals surface area (Å²) in [6.07, 6.45) is 0. The highest BCUT2D eigenvalue weighted by atomic mass is 15.0. The smallest absolute Gasteiger partial charge is 0.0625 e. The zero-order valence-corrected chi connectivity index (χ0v) is 28.4. The van der Waals surface area contributed by atoms with Crippen LogP contribution < -0.4 is 0 Å². The summed E-state index contributed by atoms with van der Waals surface area (Å²) in [5.74, 6) is 0. The summed E-state index contributed by atoms with van der Waals surface area (Å²) in [4.78, 5) is 0. The van der Waals surface area contributed by atoms with Crippen LogP contribution in [0.1, 0.15) is 0 Å². The number of benzene rings is 9. The van der Waals surface area contributed by atoms with E-state index in [-0.39, 0.29) is 0 Å². The lowest BCUT2D eigenvalue weighted by atomic mass is 9.94. The second-order valence-electron chi connectivity index (χ2n) is 13.8. The molecule has 11 aromatic rings. The Morgan fingerprint density at radius 3 is 1.62 bits per heavy atom. The van der Waals surface area contributed by atoms with Crippen molar-refractivity contribution in [1.82, 2.24) is 9.13 Å². The number of nitrogens with zero attached hydrogens (tertiary/aromatic N) is 2. The SMILES string of the molecule is c1ccc(-c2ccc(-n3c4ccccc4c4ccc(-c5c6ccccc6cc6c7ccccc7n(-c7ccc8ccccc8c7)c56)cc43)cc2)cc1. The number of aromatic nitrogens is 2. The maximum atomic E-state index is 2.49. The second-order valence-corrected chi connectivity index (χ2v) is 13.8. The Morgan fingerprint density at radius 2 is 0.827 bits per heavy atom. The fourth-order valence-electron chi connectivity index (χ4n) is 8.51. The maximum Gasteiger partial charge on any atom is 0.0625 e. The van der Waals surface area contributed by atoms with Crippen molar-refractivity contribution in [3.05, 3.63) is 194 Å². The average Bonchev–Trinajstić information content (AvgIpc) is 3.72. The minimum Gasteiger partial charge on any atom is -0.309 e. The molecule has 0 aliphatic heterocycles. The third-order valence-corrected chi connectivity index (χ3v) is 10.9. The third-order valence-electron chi connectivity index (χ3n) is 10.9. The number of fused-ring (bicyclic) bond motifs is 8. The van der Waals surface area contributed by atoms with E-state index in [1.54, 1.807) is 0 Å². The third kappa shape index (κ3) is 4.31. The van der Waals surface area contributed by atoms with Crippen LogP contribution in [0.4, 0.5) is 0 Å². The van der Waals surface area contributed by atoms with Gasteiger partial charge < -0.3 is 9.13 Å². The van der Waals surface area contributed by atoms with Gasteiger partial charge in [-0.15, -0.1) is 0 Å². The lowest BCUT2D eigenvalue weighted by Gasteiger charge is -2.16. The van der Waals surface area contributed by atoms with Crippen LogP contribution in [-0.2, 0) is 0 Å². The zero-order valence-electron chi connectivity index (χ0n) is 28.4. The van der Waals surface area contributed by atoms with Gasteiger partial charge in [0.25, 0.3) is 0 Å². The van der Waals surface area contributed by atoms with E-state index in [0.29, 0.717) is 0 Å². The molecule has 2 nitrogen and oxygen atoms in total. The van der Waals surface area contributed by atoms with Crippen LogP contribution >= 0.6 is 0 Å². The molecule has 2 aromatic heterocycles. The van der Waals surface area contributed by atoms with Gasteiger partial charge in [-0.2, -0.15) is 0 Å². The molecule has 0 amide bonds. The lowest BCUT2D eigenvalue weighted by molar-refractivity contribution is 1.18. The summed E-state index contributed by atoms with van der Waals surface area (Å²) in [5.41, 5.74) is 12.0. The molecule has 0 aliphatic rings. The molecule has 0 aliphatic carbocycles. The number of para-hydroxylation sites is 2. The molecule has 0 N–H and O–H groups in total. The summed E-state index contributed by atoms with van der Waals surface area (Å²) in [7, 11) is 0. The van der Waals surface area contributed by atoms with Gasteiger partial charge in [0, 0.05) is 38.5 Å². The minimum absolute atomic E-state index is 1.15. The highest BCUT2D eigenvalue weighted by Gasteiger charge is 2.21. The fourth-order valence-corrected chi connectivity index (χ4v) is 8.51. The van der Waals surface area contributed by atoms with Gasteiger partial charge in [-0.25, -0.2) is 0 Å². The molecule has 0 fully saturated rings.